The molecular weight excluding hydrogens is 428 g/mol. The predicted octanol–water partition coefficient (Wildman–Crippen LogP) is 5.06. The van der Waals surface area contributed by atoms with E-state index in [1.165, 1.54) is 5.56 Å². The molecule has 5 rings (SSSR count). The molecule has 6 nitrogen and oxygen atoms in total. The molecule has 172 valence electrons. The van der Waals surface area contributed by atoms with Gasteiger partial charge in [-0.25, -0.2) is 9.78 Å². The molecule has 0 bridgehead atoms. The van der Waals surface area contributed by atoms with E-state index in [0.717, 1.165) is 48.1 Å². The molecule has 0 amide bonds. The molecule has 34 heavy (non-hydrogen) atoms. The molecular formula is C28H26N2O4. The molecule has 0 saturated carbocycles. The molecule has 1 aliphatic carbocycles. The molecule has 0 aliphatic heterocycles. The Morgan fingerprint density at radius 1 is 1.09 bits per heavy atom. The number of hydrogen-bond donors (Lipinski definition) is 1. The maximum atomic E-state index is 10.9. The number of carboxylic acid groups (broad SMARTS) is 1. The van der Waals surface area contributed by atoms with Crippen molar-refractivity contribution in [1.82, 2.24) is 9.97 Å². The number of ether oxygens (including phenoxy) is 1. The van der Waals surface area contributed by atoms with Gasteiger partial charge in [0.15, 0.2) is 6.61 Å². The zero-order valence-electron chi connectivity index (χ0n) is 18.8. The second-order valence-corrected chi connectivity index (χ2v) is 8.70. The normalized spacial score (nSPS) is 15.9. The van der Waals surface area contributed by atoms with Crippen LogP contribution in [0.3, 0.4) is 0 Å². The van der Waals surface area contributed by atoms with Crippen LogP contribution in [0.15, 0.2) is 83.7 Å². The molecule has 1 aliphatic rings. The van der Waals surface area contributed by atoms with Gasteiger partial charge in [0.25, 0.3) is 0 Å². The lowest BCUT2D eigenvalue weighted by Crippen LogP contribution is -2.18. The summed E-state index contributed by atoms with van der Waals surface area (Å²) in [5, 5.41) is 8.93. The van der Waals surface area contributed by atoms with E-state index in [2.05, 4.69) is 29.2 Å². The Balaban J connectivity index is 1.33. The van der Waals surface area contributed by atoms with Crippen molar-refractivity contribution in [3.63, 3.8) is 0 Å². The Hall–Kier alpha value is -3.93. The van der Waals surface area contributed by atoms with Crippen molar-refractivity contribution in [2.45, 2.75) is 31.6 Å². The molecule has 2 heterocycles. The summed E-state index contributed by atoms with van der Waals surface area (Å²) in [6.45, 7) is -0.318. The molecule has 6 heteroatoms. The summed E-state index contributed by atoms with van der Waals surface area (Å²) in [6, 6.07) is 20.1. The van der Waals surface area contributed by atoms with Gasteiger partial charge in [-0.3, -0.25) is 4.98 Å². The summed E-state index contributed by atoms with van der Waals surface area (Å²) in [5.41, 5.74) is 5.46. The smallest absolute Gasteiger partial charge is 0.341 e. The summed E-state index contributed by atoms with van der Waals surface area (Å²) in [6.07, 6.45) is 9.01. The van der Waals surface area contributed by atoms with Gasteiger partial charge in [0, 0.05) is 12.4 Å². The maximum absolute atomic E-state index is 10.9. The van der Waals surface area contributed by atoms with Crippen LogP contribution < -0.4 is 4.74 Å². The Morgan fingerprint density at radius 2 is 1.94 bits per heavy atom. The quantitative estimate of drug-likeness (QED) is 0.401. The van der Waals surface area contributed by atoms with E-state index in [0.29, 0.717) is 17.6 Å². The van der Waals surface area contributed by atoms with Crippen LogP contribution in [0, 0.1) is 5.92 Å². The Morgan fingerprint density at radius 3 is 2.74 bits per heavy atom. The van der Waals surface area contributed by atoms with Gasteiger partial charge in [-0.05, 0) is 66.0 Å². The number of oxazole rings is 1. The van der Waals surface area contributed by atoms with E-state index < -0.39 is 5.97 Å². The minimum Gasteiger partial charge on any atom is -0.482 e. The second-order valence-electron chi connectivity index (χ2n) is 8.70. The molecule has 0 saturated heterocycles. The summed E-state index contributed by atoms with van der Waals surface area (Å²) < 4.78 is 11.5. The summed E-state index contributed by atoms with van der Waals surface area (Å²) in [4.78, 5) is 20.1. The Kier molecular flexibility index (Phi) is 6.38. The fourth-order valence-electron chi connectivity index (χ4n) is 4.81. The average molecular weight is 455 g/mol. The highest BCUT2D eigenvalue weighted by Gasteiger charge is 2.25. The van der Waals surface area contributed by atoms with Gasteiger partial charge >= 0.3 is 5.97 Å². The standard InChI is InChI=1S/C28H26N2O4/c31-26(32)18-33-25-10-4-8-21-14-19(11-12-24(21)25)15-23-17-34-28(30-23)27(20-6-2-1-3-7-20)22-9-5-13-29-16-22/h1-10,13,16-17,19,27H,11-12,14-15,18H2,(H,31,32). The predicted molar refractivity (Wildman–Crippen MR) is 127 cm³/mol. The van der Waals surface area contributed by atoms with Gasteiger partial charge in [0.1, 0.15) is 12.0 Å². The van der Waals surface area contributed by atoms with Crippen LogP contribution >= 0.6 is 0 Å². The lowest BCUT2D eigenvalue weighted by molar-refractivity contribution is -0.139. The number of hydrogen-bond acceptors (Lipinski definition) is 5. The van der Waals surface area contributed by atoms with E-state index in [4.69, 9.17) is 19.2 Å². The highest BCUT2D eigenvalue weighted by molar-refractivity contribution is 5.68. The monoisotopic (exact) mass is 454 g/mol. The molecule has 2 aromatic carbocycles. The minimum absolute atomic E-state index is 0.107. The summed E-state index contributed by atoms with van der Waals surface area (Å²) in [7, 11) is 0. The number of carbonyl (C=O) groups is 1. The number of aliphatic carboxylic acids is 1. The largest absolute Gasteiger partial charge is 0.482 e. The van der Waals surface area contributed by atoms with Crippen molar-refractivity contribution in [3.8, 4) is 5.75 Å². The Bertz CT molecular complexity index is 1210. The van der Waals surface area contributed by atoms with Gasteiger partial charge in [0.2, 0.25) is 5.89 Å². The fraction of sp³-hybridized carbons (Fsp3) is 0.250. The van der Waals surface area contributed by atoms with Crippen LogP contribution in [0.25, 0.3) is 0 Å². The molecule has 0 radical (unpaired) electrons. The van der Waals surface area contributed by atoms with Gasteiger partial charge in [0.05, 0.1) is 11.6 Å². The van der Waals surface area contributed by atoms with Crippen LogP contribution in [0.1, 0.15) is 46.2 Å². The lowest BCUT2D eigenvalue weighted by atomic mass is 9.81. The maximum Gasteiger partial charge on any atom is 0.341 e. The van der Waals surface area contributed by atoms with Gasteiger partial charge in [-0.15, -0.1) is 0 Å². The van der Waals surface area contributed by atoms with Crippen molar-refractivity contribution in [1.29, 1.82) is 0 Å². The SMILES string of the molecule is O=C(O)COc1cccc2c1CCC(Cc1coc(C(c3ccccc3)c3cccnc3)n1)C2. The van der Waals surface area contributed by atoms with Crippen molar-refractivity contribution >= 4 is 5.97 Å². The van der Waals surface area contributed by atoms with Crippen molar-refractivity contribution in [2.75, 3.05) is 6.61 Å². The van der Waals surface area contributed by atoms with Crippen LogP contribution in [-0.2, 0) is 24.1 Å². The third-order valence-corrected chi connectivity index (χ3v) is 6.36. The number of fused-ring (bicyclic) bond motifs is 1. The van der Waals surface area contributed by atoms with Crippen molar-refractivity contribution < 1.29 is 19.1 Å². The number of aromatic nitrogens is 2. The topological polar surface area (TPSA) is 85.5 Å². The van der Waals surface area contributed by atoms with Crippen LogP contribution in [0.4, 0.5) is 0 Å². The number of benzene rings is 2. The van der Waals surface area contributed by atoms with Crippen molar-refractivity contribution in [3.05, 3.63) is 113 Å². The van der Waals surface area contributed by atoms with E-state index in [-0.39, 0.29) is 12.5 Å². The number of pyridine rings is 1. The zero-order valence-corrected chi connectivity index (χ0v) is 18.8. The Labute approximate surface area is 198 Å². The number of carboxylic acids is 1. The van der Waals surface area contributed by atoms with Gasteiger partial charge in [-0.1, -0.05) is 48.5 Å². The van der Waals surface area contributed by atoms with Crippen LogP contribution in [0.5, 0.6) is 5.75 Å². The lowest BCUT2D eigenvalue weighted by Gasteiger charge is -2.25. The third kappa shape index (κ3) is 4.86. The number of rotatable bonds is 8. The van der Waals surface area contributed by atoms with E-state index in [1.54, 1.807) is 12.5 Å². The first kappa shape index (κ1) is 21.9. The third-order valence-electron chi connectivity index (χ3n) is 6.36. The van der Waals surface area contributed by atoms with Gasteiger partial charge in [-0.2, -0.15) is 0 Å². The van der Waals surface area contributed by atoms with E-state index in [1.807, 2.05) is 42.6 Å². The van der Waals surface area contributed by atoms with Crippen LogP contribution in [-0.4, -0.2) is 27.7 Å². The minimum atomic E-state index is -0.965. The zero-order chi connectivity index (χ0) is 23.3. The first-order valence-electron chi connectivity index (χ1n) is 11.5. The first-order chi connectivity index (χ1) is 16.7. The summed E-state index contributed by atoms with van der Waals surface area (Å²) >= 11 is 0. The molecule has 2 aromatic heterocycles. The summed E-state index contributed by atoms with van der Waals surface area (Å²) in [5.74, 6) is 0.727. The van der Waals surface area contributed by atoms with E-state index >= 15 is 0 Å². The molecule has 0 fully saturated rings. The fourth-order valence-corrected chi connectivity index (χ4v) is 4.81. The first-order valence-corrected chi connectivity index (χ1v) is 11.5. The van der Waals surface area contributed by atoms with Crippen molar-refractivity contribution in [2.24, 2.45) is 5.92 Å². The molecule has 0 spiro atoms. The van der Waals surface area contributed by atoms with Crippen LogP contribution in [0.2, 0.25) is 0 Å². The van der Waals surface area contributed by atoms with E-state index in [9.17, 15) is 4.79 Å². The molecule has 1 N–H and O–H groups in total. The number of nitrogens with zero attached hydrogens (tertiary/aromatic N) is 2. The molecule has 2 unspecified atom stereocenters. The molecule has 4 aromatic rings. The molecule has 2 atom stereocenters. The van der Waals surface area contributed by atoms with Gasteiger partial charge < -0.3 is 14.3 Å². The second kappa shape index (κ2) is 9.91. The highest BCUT2D eigenvalue weighted by atomic mass is 16.5. The average Bonchev–Trinajstić information content (AvgIpc) is 3.31. The highest BCUT2D eigenvalue weighted by Crippen LogP contribution is 2.35.